The van der Waals surface area contributed by atoms with Crippen LogP contribution in [0.25, 0.3) is 0 Å². The molecule has 0 radical (unpaired) electrons. The van der Waals surface area contributed by atoms with Gasteiger partial charge in [-0.15, -0.1) is 6.42 Å². The van der Waals surface area contributed by atoms with Crippen LogP contribution in [-0.4, -0.2) is 24.6 Å². The summed E-state index contributed by atoms with van der Waals surface area (Å²) in [6.07, 6.45) is 6.55. The van der Waals surface area contributed by atoms with Gasteiger partial charge in [-0.2, -0.15) is 5.10 Å². The molecule has 7 heteroatoms. The van der Waals surface area contributed by atoms with Gasteiger partial charge in [-0.25, -0.2) is 9.82 Å². The first-order valence-electron chi connectivity index (χ1n) is 8.06. The molecule has 2 N–H and O–H groups in total. The van der Waals surface area contributed by atoms with Crippen LogP contribution in [0, 0.1) is 24.1 Å². The highest BCUT2D eigenvalue weighted by Gasteiger charge is 2.22. The van der Waals surface area contributed by atoms with Gasteiger partial charge in [0.2, 0.25) is 5.91 Å². The topological polar surface area (TPSA) is 79.8 Å². The number of rotatable bonds is 7. The number of hydrazone groups is 1. The van der Waals surface area contributed by atoms with Crippen LogP contribution in [0.5, 0.6) is 5.75 Å². The number of nitrogens with zero attached hydrogens (tertiary/aromatic N) is 1. The van der Waals surface area contributed by atoms with Gasteiger partial charge in [-0.1, -0.05) is 30.2 Å². The summed E-state index contributed by atoms with van der Waals surface area (Å²) in [5.74, 6) is -0.0681. The normalized spacial score (nSPS) is 11.4. The van der Waals surface area contributed by atoms with Gasteiger partial charge < -0.3 is 10.1 Å². The van der Waals surface area contributed by atoms with Crippen LogP contribution < -0.4 is 15.5 Å². The molecule has 0 aliphatic heterocycles. The number of hydrogen-bond donors (Lipinski definition) is 2. The number of ether oxygens (including phenoxy) is 1. The molecule has 0 saturated carbocycles. The summed E-state index contributed by atoms with van der Waals surface area (Å²) in [5.41, 5.74) is 2.89. The van der Waals surface area contributed by atoms with E-state index < -0.39 is 23.5 Å². The van der Waals surface area contributed by atoms with Crippen LogP contribution in [0.2, 0.25) is 0 Å². The van der Waals surface area contributed by atoms with E-state index in [1.165, 1.54) is 31.3 Å². The van der Waals surface area contributed by atoms with Crippen molar-refractivity contribution in [3.8, 4) is 18.1 Å². The van der Waals surface area contributed by atoms with Gasteiger partial charge in [0, 0.05) is 5.56 Å². The molecule has 2 aromatic rings. The Morgan fingerprint density at radius 1 is 1.22 bits per heavy atom. The van der Waals surface area contributed by atoms with E-state index in [0.29, 0.717) is 11.3 Å². The highest BCUT2D eigenvalue weighted by atomic mass is 19.1. The molecule has 6 nitrogen and oxygen atoms in total. The number of benzene rings is 2. The summed E-state index contributed by atoms with van der Waals surface area (Å²) >= 11 is 0. The summed E-state index contributed by atoms with van der Waals surface area (Å²) in [7, 11) is 0. The van der Waals surface area contributed by atoms with Crippen LogP contribution in [-0.2, 0) is 9.59 Å². The standard InChI is InChI=1S/C20H18FN3O3/c1-3-12-27-18-11-7-4-8-15(18)13-22-24-20(26)14(2)19(25)23-17-10-6-5-9-16(17)21/h1,4-11,13-14H,12H2,2H3,(H,23,25)(H,24,26). The number of terminal acetylenes is 1. The van der Waals surface area contributed by atoms with Gasteiger partial charge in [-0.05, 0) is 31.2 Å². The van der Waals surface area contributed by atoms with Crippen molar-refractivity contribution in [1.29, 1.82) is 0 Å². The molecule has 0 aromatic heterocycles. The molecule has 0 aliphatic rings. The van der Waals surface area contributed by atoms with E-state index >= 15 is 0 Å². The van der Waals surface area contributed by atoms with E-state index in [4.69, 9.17) is 11.2 Å². The minimum atomic E-state index is -1.07. The van der Waals surface area contributed by atoms with Crippen molar-refractivity contribution in [1.82, 2.24) is 5.43 Å². The quantitative estimate of drug-likeness (QED) is 0.342. The summed E-state index contributed by atoms with van der Waals surface area (Å²) in [6, 6.07) is 12.7. The molecular weight excluding hydrogens is 349 g/mol. The average molecular weight is 367 g/mol. The SMILES string of the molecule is C#CCOc1ccccc1C=NNC(=O)C(C)C(=O)Nc1ccccc1F. The Kier molecular flexibility index (Phi) is 7.08. The van der Waals surface area contributed by atoms with Crippen LogP contribution in [0.3, 0.4) is 0 Å². The number of para-hydroxylation sites is 2. The van der Waals surface area contributed by atoms with E-state index in [2.05, 4.69) is 21.8 Å². The van der Waals surface area contributed by atoms with Crippen LogP contribution in [0.15, 0.2) is 53.6 Å². The highest BCUT2D eigenvalue weighted by molar-refractivity contribution is 6.06. The first-order valence-corrected chi connectivity index (χ1v) is 8.06. The molecule has 2 amide bonds. The first-order chi connectivity index (χ1) is 13.0. The smallest absolute Gasteiger partial charge is 0.252 e. The molecule has 1 atom stereocenters. The minimum Gasteiger partial charge on any atom is -0.480 e. The van der Waals surface area contributed by atoms with Gasteiger partial charge in [0.05, 0.1) is 11.9 Å². The van der Waals surface area contributed by atoms with Gasteiger partial charge in [0.1, 0.15) is 24.1 Å². The van der Waals surface area contributed by atoms with E-state index in [1.54, 1.807) is 30.3 Å². The third-order valence-corrected chi connectivity index (χ3v) is 3.53. The maximum atomic E-state index is 13.6. The minimum absolute atomic E-state index is 0.00485. The Hall–Kier alpha value is -3.66. The number of carbonyl (C=O) groups is 2. The molecule has 1 unspecified atom stereocenters. The monoisotopic (exact) mass is 367 g/mol. The molecule has 0 aliphatic carbocycles. The molecule has 2 rings (SSSR count). The second kappa shape index (κ2) is 9.73. The second-order valence-corrected chi connectivity index (χ2v) is 5.46. The van der Waals surface area contributed by atoms with Crippen molar-refractivity contribution in [3.63, 3.8) is 0 Å². The van der Waals surface area contributed by atoms with Crippen molar-refractivity contribution in [2.45, 2.75) is 6.92 Å². The van der Waals surface area contributed by atoms with Crippen molar-refractivity contribution < 1.29 is 18.7 Å². The Bertz CT molecular complexity index is 890. The molecule has 2 aromatic carbocycles. The van der Waals surface area contributed by atoms with Crippen LogP contribution in [0.1, 0.15) is 12.5 Å². The molecule has 0 bridgehead atoms. The van der Waals surface area contributed by atoms with E-state index in [-0.39, 0.29) is 12.3 Å². The molecule has 138 valence electrons. The number of carbonyl (C=O) groups excluding carboxylic acids is 2. The Labute approximate surface area is 156 Å². The zero-order valence-corrected chi connectivity index (χ0v) is 14.6. The predicted molar refractivity (Wildman–Crippen MR) is 101 cm³/mol. The zero-order chi connectivity index (χ0) is 19.6. The van der Waals surface area contributed by atoms with Gasteiger partial charge in [0.25, 0.3) is 5.91 Å². The van der Waals surface area contributed by atoms with Gasteiger partial charge >= 0.3 is 0 Å². The Morgan fingerprint density at radius 2 is 1.93 bits per heavy atom. The van der Waals surface area contributed by atoms with Gasteiger partial charge in [0.15, 0.2) is 0 Å². The molecule has 27 heavy (non-hydrogen) atoms. The first kappa shape index (κ1) is 19.7. The summed E-state index contributed by atoms with van der Waals surface area (Å²) in [5, 5.41) is 6.19. The summed E-state index contributed by atoms with van der Waals surface area (Å²) in [4.78, 5) is 24.2. The van der Waals surface area contributed by atoms with Gasteiger partial charge in [-0.3, -0.25) is 9.59 Å². The lowest BCUT2D eigenvalue weighted by Gasteiger charge is -2.11. The third-order valence-electron chi connectivity index (χ3n) is 3.53. The average Bonchev–Trinajstić information content (AvgIpc) is 2.68. The van der Waals surface area contributed by atoms with E-state index in [1.807, 2.05) is 0 Å². The van der Waals surface area contributed by atoms with Crippen molar-refractivity contribution in [2.24, 2.45) is 11.0 Å². The van der Waals surface area contributed by atoms with Crippen LogP contribution >= 0.6 is 0 Å². The molecule has 0 heterocycles. The highest BCUT2D eigenvalue weighted by Crippen LogP contribution is 2.16. The number of halogens is 1. The fourth-order valence-corrected chi connectivity index (χ4v) is 2.02. The lowest BCUT2D eigenvalue weighted by atomic mass is 10.1. The maximum absolute atomic E-state index is 13.6. The van der Waals surface area contributed by atoms with Crippen LogP contribution in [0.4, 0.5) is 10.1 Å². The molecule has 0 saturated heterocycles. The Balaban J connectivity index is 1.95. The fourth-order valence-electron chi connectivity index (χ4n) is 2.02. The van der Waals surface area contributed by atoms with Crippen molar-refractivity contribution >= 4 is 23.7 Å². The molecular formula is C20H18FN3O3. The summed E-state index contributed by atoms with van der Waals surface area (Å²) < 4.78 is 18.9. The third kappa shape index (κ3) is 5.68. The lowest BCUT2D eigenvalue weighted by Crippen LogP contribution is -2.34. The molecule has 0 fully saturated rings. The fraction of sp³-hybridized carbons (Fsp3) is 0.150. The van der Waals surface area contributed by atoms with E-state index in [0.717, 1.165) is 0 Å². The number of nitrogens with one attached hydrogen (secondary N) is 2. The van der Waals surface area contributed by atoms with Crippen molar-refractivity contribution in [3.05, 3.63) is 59.9 Å². The maximum Gasteiger partial charge on any atom is 0.252 e. The predicted octanol–water partition coefficient (Wildman–Crippen LogP) is 2.56. The summed E-state index contributed by atoms with van der Waals surface area (Å²) in [6.45, 7) is 1.50. The Morgan fingerprint density at radius 3 is 2.67 bits per heavy atom. The number of hydrogen-bond acceptors (Lipinski definition) is 4. The number of anilines is 1. The second-order valence-electron chi connectivity index (χ2n) is 5.46. The van der Waals surface area contributed by atoms with Crippen molar-refractivity contribution in [2.75, 3.05) is 11.9 Å². The number of amides is 2. The van der Waals surface area contributed by atoms with E-state index in [9.17, 15) is 14.0 Å². The lowest BCUT2D eigenvalue weighted by molar-refractivity contribution is -0.131. The molecule has 0 spiro atoms. The zero-order valence-electron chi connectivity index (χ0n) is 14.6. The largest absolute Gasteiger partial charge is 0.480 e.